The third-order valence-electron chi connectivity index (χ3n) is 2.30. The van der Waals surface area contributed by atoms with E-state index in [-0.39, 0.29) is 0 Å². The molecule has 0 radical (unpaired) electrons. The molecule has 0 aromatic carbocycles. The fourth-order valence-electron chi connectivity index (χ4n) is 1.74. The fourth-order valence-corrected chi connectivity index (χ4v) is 1.74. The van der Waals surface area contributed by atoms with Crippen LogP contribution in [0.25, 0.3) is 0 Å². The summed E-state index contributed by atoms with van der Waals surface area (Å²) in [6.45, 7) is 3.40. The second kappa shape index (κ2) is 3.94. The van der Waals surface area contributed by atoms with E-state index in [1.807, 2.05) is 0 Å². The Morgan fingerprint density at radius 3 is 3.00 bits per heavy atom. The van der Waals surface area contributed by atoms with Gasteiger partial charge in [0.15, 0.2) is 0 Å². The lowest BCUT2D eigenvalue weighted by Gasteiger charge is -2.29. The zero-order valence-electron chi connectivity index (χ0n) is 6.84. The Labute approximate surface area is 63.4 Å². The van der Waals surface area contributed by atoms with Crippen LogP contribution < -0.4 is 5.73 Å². The van der Waals surface area contributed by atoms with Gasteiger partial charge in [0.1, 0.15) is 0 Å². The number of nitrogens with two attached hydrogens (primary N) is 1. The Morgan fingerprint density at radius 2 is 2.40 bits per heavy atom. The van der Waals surface area contributed by atoms with Crippen LogP contribution in [0.2, 0.25) is 0 Å². The maximum Gasteiger partial charge on any atom is 0.000709 e. The number of hydrogen-bond acceptors (Lipinski definition) is 2. The van der Waals surface area contributed by atoms with Crippen LogP contribution in [-0.4, -0.2) is 31.6 Å². The normalized spacial score (nSPS) is 28.8. The van der Waals surface area contributed by atoms with Gasteiger partial charge in [-0.1, -0.05) is 0 Å². The Balaban J connectivity index is 2.18. The van der Waals surface area contributed by atoms with Crippen LogP contribution in [0.15, 0.2) is 0 Å². The van der Waals surface area contributed by atoms with Gasteiger partial charge in [-0.25, -0.2) is 0 Å². The van der Waals surface area contributed by atoms with Crippen molar-refractivity contribution in [2.45, 2.75) is 19.3 Å². The van der Waals surface area contributed by atoms with Crippen molar-refractivity contribution in [3.8, 4) is 0 Å². The predicted molar refractivity (Wildman–Crippen MR) is 43.9 cm³/mol. The van der Waals surface area contributed by atoms with Gasteiger partial charge < -0.3 is 10.6 Å². The van der Waals surface area contributed by atoms with E-state index in [1.165, 1.54) is 32.4 Å². The minimum absolute atomic E-state index is 0.860. The van der Waals surface area contributed by atoms with Crippen LogP contribution in [0.3, 0.4) is 0 Å². The first-order valence-electron chi connectivity index (χ1n) is 4.21. The van der Waals surface area contributed by atoms with E-state index < -0.39 is 0 Å². The van der Waals surface area contributed by atoms with Gasteiger partial charge in [-0.15, -0.1) is 0 Å². The Bertz CT molecular complexity index is 91.3. The molecule has 10 heavy (non-hydrogen) atoms. The summed E-state index contributed by atoms with van der Waals surface area (Å²) in [5.41, 5.74) is 5.49. The molecule has 1 aliphatic rings. The van der Waals surface area contributed by atoms with Crippen LogP contribution in [0.4, 0.5) is 0 Å². The Hall–Kier alpha value is -0.0800. The molecule has 0 aromatic heterocycles. The second-order valence-electron chi connectivity index (χ2n) is 3.35. The van der Waals surface area contributed by atoms with Gasteiger partial charge in [-0.05, 0) is 45.3 Å². The van der Waals surface area contributed by atoms with Crippen LogP contribution in [0.1, 0.15) is 19.3 Å². The quantitative estimate of drug-likeness (QED) is 0.614. The van der Waals surface area contributed by atoms with E-state index in [0.29, 0.717) is 0 Å². The molecule has 60 valence electrons. The summed E-state index contributed by atoms with van der Waals surface area (Å²) in [4.78, 5) is 2.41. The lowest BCUT2D eigenvalue weighted by Crippen LogP contribution is -2.32. The predicted octanol–water partition coefficient (Wildman–Crippen LogP) is 0.677. The first-order chi connectivity index (χ1) is 4.83. The lowest BCUT2D eigenvalue weighted by molar-refractivity contribution is 0.204. The summed E-state index contributed by atoms with van der Waals surface area (Å²) in [7, 11) is 2.20. The molecule has 0 bridgehead atoms. The van der Waals surface area contributed by atoms with E-state index >= 15 is 0 Å². The molecule has 1 heterocycles. The van der Waals surface area contributed by atoms with Crippen LogP contribution >= 0.6 is 0 Å². The maximum absolute atomic E-state index is 5.49. The summed E-state index contributed by atoms with van der Waals surface area (Å²) in [6, 6.07) is 0. The van der Waals surface area contributed by atoms with Crippen molar-refractivity contribution in [1.29, 1.82) is 0 Å². The SMILES string of the molecule is CN1CCC[C@@H](CCN)C1. The molecule has 0 saturated carbocycles. The topological polar surface area (TPSA) is 29.3 Å². The van der Waals surface area contributed by atoms with Gasteiger partial charge in [0.05, 0.1) is 0 Å². The number of hydrogen-bond donors (Lipinski definition) is 1. The average Bonchev–Trinajstić information content (AvgIpc) is 1.88. The first-order valence-corrected chi connectivity index (χ1v) is 4.21. The van der Waals surface area contributed by atoms with Crippen molar-refractivity contribution in [1.82, 2.24) is 4.90 Å². The molecule has 1 aliphatic heterocycles. The summed E-state index contributed by atoms with van der Waals surface area (Å²) in [6.07, 6.45) is 3.97. The molecule has 0 amide bonds. The molecular formula is C8H18N2. The van der Waals surface area contributed by atoms with Gasteiger partial charge >= 0.3 is 0 Å². The third kappa shape index (κ3) is 2.27. The van der Waals surface area contributed by atoms with Crippen LogP contribution in [0, 0.1) is 5.92 Å². The third-order valence-corrected chi connectivity index (χ3v) is 2.30. The van der Waals surface area contributed by atoms with Crippen molar-refractivity contribution in [2.24, 2.45) is 11.7 Å². The highest BCUT2D eigenvalue weighted by atomic mass is 15.1. The van der Waals surface area contributed by atoms with E-state index in [2.05, 4.69) is 11.9 Å². The van der Waals surface area contributed by atoms with Gasteiger partial charge in [-0.2, -0.15) is 0 Å². The van der Waals surface area contributed by atoms with Crippen molar-refractivity contribution < 1.29 is 0 Å². The van der Waals surface area contributed by atoms with Crippen molar-refractivity contribution in [3.63, 3.8) is 0 Å². The molecule has 0 spiro atoms. The molecule has 0 aliphatic carbocycles. The molecule has 0 aromatic rings. The van der Waals surface area contributed by atoms with Crippen molar-refractivity contribution in [2.75, 3.05) is 26.7 Å². The Morgan fingerprint density at radius 1 is 1.60 bits per heavy atom. The minimum atomic E-state index is 0.860. The summed E-state index contributed by atoms with van der Waals surface area (Å²) < 4.78 is 0. The van der Waals surface area contributed by atoms with Crippen molar-refractivity contribution in [3.05, 3.63) is 0 Å². The Kier molecular flexibility index (Phi) is 3.16. The average molecular weight is 142 g/mol. The highest BCUT2D eigenvalue weighted by Crippen LogP contribution is 2.16. The standard InChI is InChI=1S/C8H18N2/c1-10-6-2-3-8(7-10)4-5-9/h8H,2-7,9H2,1H3/t8-/m0/s1. The molecule has 1 saturated heterocycles. The molecule has 2 nitrogen and oxygen atoms in total. The minimum Gasteiger partial charge on any atom is -0.330 e. The molecule has 1 rings (SSSR count). The molecular weight excluding hydrogens is 124 g/mol. The summed E-state index contributed by atoms with van der Waals surface area (Å²) in [5.74, 6) is 0.878. The first kappa shape index (κ1) is 8.02. The van der Waals surface area contributed by atoms with Gasteiger partial charge in [0, 0.05) is 6.54 Å². The van der Waals surface area contributed by atoms with Crippen LogP contribution in [0.5, 0.6) is 0 Å². The summed E-state index contributed by atoms with van der Waals surface area (Å²) in [5, 5.41) is 0. The molecule has 1 fully saturated rings. The van der Waals surface area contributed by atoms with E-state index in [0.717, 1.165) is 12.5 Å². The van der Waals surface area contributed by atoms with Crippen LogP contribution in [-0.2, 0) is 0 Å². The smallest absolute Gasteiger partial charge is 0.000709 e. The molecule has 2 heteroatoms. The molecule has 1 atom stereocenters. The van der Waals surface area contributed by atoms with Gasteiger partial charge in [0.2, 0.25) is 0 Å². The lowest BCUT2D eigenvalue weighted by atomic mass is 9.95. The van der Waals surface area contributed by atoms with E-state index in [4.69, 9.17) is 5.73 Å². The van der Waals surface area contributed by atoms with Gasteiger partial charge in [-0.3, -0.25) is 0 Å². The molecule has 2 N–H and O–H groups in total. The number of likely N-dealkylation sites (tertiary alicyclic amines) is 1. The van der Waals surface area contributed by atoms with Crippen molar-refractivity contribution >= 4 is 0 Å². The summed E-state index contributed by atoms with van der Waals surface area (Å²) >= 11 is 0. The highest BCUT2D eigenvalue weighted by Gasteiger charge is 2.15. The van der Waals surface area contributed by atoms with E-state index in [9.17, 15) is 0 Å². The zero-order chi connectivity index (χ0) is 7.40. The highest BCUT2D eigenvalue weighted by molar-refractivity contribution is 4.70. The zero-order valence-corrected chi connectivity index (χ0v) is 6.84. The fraction of sp³-hybridized carbons (Fsp3) is 1.00. The number of piperidine rings is 1. The second-order valence-corrected chi connectivity index (χ2v) is 3.35. The maximum atomic E-state index is 5.49. The largest absolute Gasteiger partial charge is 0.330 e. The molecule has 0 unspecified atom stereocenters. The number of rotatable bonds is 2. The number of nitrogens with zero attached hydrogens (tertiary/aromatic N) is 1. The monoisotopic (exact) mass is 142 g/mol. The van der Waals surface area contributed by atoms with E-state index in [1.54, 1.807) is 0 Å². The van der Waals surface area contributed by atoms with Gasteiger partial charge in [0.25, 0.3) is 0 Å².